The van der Waals surface area contributed by atoms with Crippen LogP contribution in [0.2, 0.25) is 0 Å². The minimum Gasteiger partial charge on any atom is -0.260 e. The highest BCUT2D eigenvalue weighted by Crippen LogP contribution is 2.17. The van der Waals surface area contributed by atoms with Crippen molar-refractivity contribution in [3.63, 3.8) is 0 Å². The van der Waals surface area contributed by atoms with Gasteiger partial charge in [0.2, 0.25) is 0 Å². The molecule has 0 aliphatic rings. The zero-order valence-electron chi connectivity index (χ0n) is 6.73. The Morgan fingerprint density at radius 1 is 1.33 bits per heavy atom. The molecule has 0 aromatic carbocycles. The molecular formula is C7H16OS. The zero-order chi connectivity index (χ0) is 7.49. The second-order valence-electron chi connectivity index (χ2n) is 3.59. The van der Waals surface area contributed by atoms with E-state index in [1.54, 1.807) is 6.26 Å². The Hall–Kier alpha value is 0.150. The van der Waals surface area contributed by atoms with Crippen LogP contribution in [0.1, 0.15) is 27.2 Å². The third-order valence-electron chi connectivity index (χ3n) is 1.14. The molecule has 1 unspecified atom stereocenters. The summed E-state index contributed by atoms with van der Waals surface area (Å²) in [5, 5.41) is 0. The average Bonchev–Trinajstić information content (AvgIpc) is 1.59. The summed E-state index contributed by atoms with van der Waals surface area (Å²) in [6.45, 7) is 6.50. The molecule has 1 nitrogen and oxygen atoms in total. The molecule has 0 fully saturated rings. The molecule has 0 saturated heterocycles. The molecule has 0 N–H and O–H groups in total. The molecule has 9 heavy (non-hydrogen) atoms. The summed E-state index contributed by atoms with van der Waals surface area (Å²) in [6, 6.07) is 0. The van der Waals surface area contributed by atoms with E-state index in [-0.39, 0.29) is 0 Å². The molecule has 0 aromatic rings. The predicted molar refractivity (Wildman–Crippen MR) is 43.0 cm³/mol. The standard InChI is InChI=1S/C7H16OS/c1-7(2,3)5-6-9(4)8/h5-6H2,1-4H3. The number of hydrogen-bond donors (Lipinski definition) is 0. The first-order valence-corrected chi connectivity index (χ1v) is 4.94. The first-order chi connectivity index (χ1) is 3.92. The van der Waals surface area contributed by atoms with Gasteiger partial charge in [-0.1, -0.05) is 20.8 Å². The van der Waals surface area contributed by atoms with Crippen molar-refractivity contribution in [1.82, 2.24) is 0 Å². The van der Waals surface area contributed by atoms with Gasteiger partial charge in [0.05, 0.1) is 0 Å². The fourth-order valence-corrected chi connectivity index (χ4v) is 1.35. The summed E-state index contributed by atoms with van der Waals surface area (Å²) in [5.74, 6) is 0.837. The Labute approximate surface area is 60.3 Å². The Morgan fingerprint density at radius 3 is 1.89 bits per heavy atom. The van der Waals surface area contributed by atoms with Crippen molar-refractivity contribution in [3.8, 4) is 0 Å². The first-order valence-electron chi connectivity index (χ1n) is 3.22. The van der Waals surface area contributed by atoms with Crippen molar-refractivity contribution in [1.29, 1.82) is 0 Å². The third kappa shape index (κ3) is 8.15. The maximum atomic E-state index is 10.6. The van der Waals surface area contributed by atoms with Crippen LogP contribution >= 0.6 is 0 Å². The fraction of sp³-hybridized carbons (Fsp3) is 1.00. The third-order valence-corrected chi connectivity index (χ3v) is 1.92. The van der Waals surface area contributed by atoms with Crippen molar-refractivity contribution < 1.29 is 4.21 Å². The minimum absolute atomic E-state index is 0.339. The van der Waals surface area contributed by atoms with Gasteiger partial charge >= 0.3 is 0 Å². The summed E-state index contributed by atoms with van der Waals surface area (Å²) >= 11 is 0. The number of rotatable bonds is 2. The van der Waals surface area contributed by atoms with E-state index in [0.29, 0.717) is 5.41 Å². The summed E-state index contributed by atoms with van der Waals surface area (Å²) in [6.07, 6.45) is 2.81. The van der Waals surface area contributed by atoms with Crippen molar-refractivity contribution in [2.75, 3.05) is 12.0 Å². The summed E-state index contributed by atoms with van der Waals surface area (Å²) < 4.78 is 10.6. The van der Waals surface area contributed by atoms with Crippen LogP contribution in [0.5, 0.6) is 0 Å². The van der Waals surface area contributed by atoms with Crippen molar-refractivity contribution >= 4 is 10.8 Å². The molecule has 0 aliphatic heterocycles. The van der Waals surface area contributed by atoms with Gasteiger partial charge in [-0.3, -0.25) is 4.21 Å². The van der Waals surface area contributed by atoms with Gasteiger partial charge in [0.1, 0.15) is 0 Å². The Morgan fingerprint density at radius 2 is 1.78 bits per heavy atom. The normalized spacial score (nSPS) is 15.6. The largest absolute Gasteiger partial charge is 0.260 e. The van der Waals surface area contributed by atoms with Crippen molar-refractivity contribution in [2.45, 2.75) is 27.2 Å². The van der Waals surface area contributed by atoms with E-state index in [1.165, 1.54) is 0 Å². The Bertz CT molecular complexity index is 102. The van der Waals surface area contributed by atoms with Crippen LogP contribution in [0.15, 0.2) is 0 Å². The van der Waals surface area contributed by atoms with Gasteiger partial charge in [0.15, 0.2) is 0 Å². The molecule has 0 bridgehead atoms. The van der Waals surface area contributed by atoms with E-state index in [0.717, 1.165) is 12.2 Å². The average molecular weight is 148 g/mol. The molecule has 56 valence electrons. The van der Waals surface area contributed by atoms with Crippen molar-refractivity contribution in [2.24, 2.45) is 5.41 Å². The number of hydrogen-bond acceptors (Lipinski definition) is 1. The van der Waals surface area contributed by atoms with Gasteiger partial charge in [0.25, 0.3) is 0 Å². The zero-order valence-corrected chi connectivity index (χ0v) is 7.55. The van der Waals surface area contributed by atoms with E-state index < -0.39 is 10.8 Å². The van der Waals surface area contributed by atoms with Gasteiger partial charge in [0, 0.05) is 22.8 Å². The van der Waals surface area contributed by atoms with E-state index in [2.05, 4.69) is 20.8 Å². The molecule has 2 heteroatoms. The monoisotopic (exact) mass is 148 g/mol. The van der Waals surface area contributed by atoms with Crippen LogP contribution < -0.4 is 0 Å². The maximum absolute atomic E-state index is 10.6. The molecule has 0 heterocycles. The van der Waals surface area contributed by atoms with Crippen LogP contribution in [0, 0.1) is 5.41 Å². The molecule has 0 spiro atoms. The summed E-state index contributed by atoms with van der Waals surface area (Å²) in [5.41, 5.74) is 0.339. The highest BCUT2D eigenvalue weighted by Gasteiger charge is 2.09. The SMILES string of the molecule is CS(=O)CCC(C)(C)C. The second kappa shape index (κ2) is 3.35. The summed E-state index contributed by atoms with van der Waals surface area (Å²) in [7, 11) is -0.612. The molecule has 0 aliphatic carbocycles. The lowest BCUT2D eigenvalue weighted by Crippen LogP contribution is -2.09. The van der Waals surface area contributed by atoms with Crippen LogP contribution in [0.3, 0.4) is 0 Å². The van der Waals surface area contributed by atoms with E-state index >= 15 is 0 Å². The van der Waals surface area contributed by atoms with Crippen LogP contribution in [-0.4, -0.2) is 16.2 Å². The molecular weight excluding hydrogens is 132 g/mol. The highest BCUT2D eigenvalue weighted by molar-refractivity contribution is 7.84. The second-order valence-corrected chi connectivity index (χ2v) is 5.14. The Kier molecular flexibility index (Phi) is 3.41. The maximum Gasteiger partial charge on any atom is 0.0237 e. The lowest BCUT2D eigenvalue weighted by atomic mass is 9.94. The molecule has 0 aromatic heterocycles. The molecule has 0 saturated carbocycles. The lowest BCUT2D eigenvalue weighted by molar-refractivity contribution is 0.400. The minimum atomic E-state index is -0.612. The quantitative estimate of drug-likeness (QED) is 0.583. The van der Waals surface area contributed by atoms with Crippen LogP contribution in [-0.2, 0) is 10.8 Å². The molecule has 0 rings (SSSR count). The highest BCUT2D eigenvalue weighted by atomic mass is 32.2. The van der Waals surface area contributed by atoms with Gasteiger partial charge in [-0.25, -0.2) is 0 Å². The topological polar surface area (TPSA) is 17.1 Å². The van der Waals surface area contributed by atoms with E-state index in [1.807, 2.05) is 0 Å². The fourth-order valence-electron chi connectivity index (χ4n) is 0.450. The van der Waals surface area contributed by atoms with Gasteiger partial charge in [-0.15, -0.1) is 0 Å². The predicted octanol–water partition coefficient (Wildman–Crippen LogP) is 1.80. The van der Waals surface area contributed by atoms with E-state index in [4.69, 9.17) is 0 Å². The van der Waals surface area contributed by atoms with Gasteiger partial charge in [-0.05, 0) is 11.8 Å². The van der Waals surface area contributed by atoms with Gasteiger partial charge in [-0.2, -0.15) is 0 Å². The van der Waals surface area contributed by atoms with E-state index in [9.17, 15) is 4.21 Å². The van der Waals surface area contributed by atoms with Crippen molar-refractivity contribution in [3.05, 3.63) is 0 Å². The van der Waals surface area contributed by atoms with Crippen LogP contribution in [0.4, 0.5) is 0 Å². The smallest absolute Gasteiger partial charge is 0.0237 e. The first kappa shape index (κ1) is 9.15. The molecule has 0 amide bonds. The van der Waals surface area contributed by atoms with Crippen LogP contribution in [0.25, 0.3) is 0 Å². The molecule has 1 atom stereocenters. The van der Waals surface area contributed by atoms with Gasteiger partial charge < -0.3 is 0 Å². The molecule has 0 radical (unpaired) electrons. The Balaban J connectivity index is 3.39. The summed E-state index contributed by atoms with van der Waals surface area (Å²) in [4.78, 5) is 0. The lowest BCUT2D eigenvalue weighted by Gasteiger charge is -2.16.